The lowest BCUT2D eigenvalue weighted by Crippen LogP contribution is -2.41. The maximum atomic E-state index is 13.5. The number of ether oxygens (including phenoxy) is 4. The Morgan fingerprint density at radius 3 is 1.97 bits per heavy atom. The molecular weight excluding hydrogens is 434 g/mol. The van der Waals surface area contributed by atoms with E-state index in [1.54, 1.807) is 53.7 Å². The number of carbonyl (C=O) groups excluding carboxylic acids is 3. The van der Waals surface area contributed by atoms with Crippen LogP contribution in [0.4, 0.5) is 0 Å². The first-order valence-electron chi connectivity index (χ1n) is 10.2. The lowest BCUT2D eigenvalue weighted by atomic mass is 9.88. The molecule has 2 heterocycles. The highest BCUT2D eigenvalue weighted by molar-refractivity contribution is 7.20. The molecule has 0 saturated heterocycles. The van der Waals surface area contributed by atoms with Gasteiger partial charge in [0.25, 0.3) is 5.88 Å². The standard InChI is InChI=1S/C23H31NO7S/c1-12(20(26)30-22(2,3)4)17(21(27)31-23(5,6)7)18(25)16-10-13-15(32-16)11-14(28-8)19(24-13)29-9/h10-12,17H,1-9H3. The number of thiophene rings is 1. The van der Waals surface area contributed by atoms with Gasteiger partial charge >= 0.3 is 11.9 Å². The first-order valence-corrected chi connectivity index (χ1v) is 11.0. The molecule has 0 fully saturated rings. The number of nitrogens with zero attached hydrogens (tertiary/aromatic N) is 1. The van der Waals surface area contributed by atoms with Crippen molar-refractivity contribution in [3.05, 3.63) is 17.0 Å². The van der Waals surface area contributed by atoms with E-state index in [0.717, 1.165) is 11.3 Å². The Bertz CT molecular complexity index is 973. The molecule has 0 amide bonds. The minimum atomic E-state index is -1.36. The Morgan fingerprint density at radius 1 is 0.906 bits per heavy atom. The van der Waals surface area contributed by atoms with Crippen LogP contribution in [-0.2, 0) is 19.1 Å². The fraction of sp³-hybridized carbons (Fsp3) is 0.565. The van der Waals surface area contributed by atoms with E-state index in [2.05, 4.69) is 4.98 Å². The maximum absolute atomic E-state index is 13.5. The van der Waals surface area contributed by atoms with Crippen LogP contribution < -0.4 is 9.47 Å². The maximum Gasteiger partial charge on any atom is 0.318 e. The van der Waals surface area contributed by atoms with Gasteiger partial charge in [-0.25, -0.2) is 4.98 Å². The van der Waals surface area contributed by atoms with Gasteiger partial charge < -0.3 is 18.9 Å². The third-order valence-electron chi connectivity index (χ3n) is 4.31. The van der Waals surface area contributed by atoms with E-state index in [0.29, 0.717) is 16.0 Å². The average Bonchev–Trinajstić information content (AvgIpc) is 3.06. The summed E-state index contributed by atoms with van der Waals surface area (Å²) in [7, 11) is 2.96. The molecule has 2 aromatic heterocycles. The van der Waals surface area contributed by atoms with Crippen LogP contribution in [0.5, 0.6) is 11.6 Å². The second-order valence-corrected chi connectivity index (χ2v) is 10.5. The van der Waals surface area contributed by atoms with Crippen molar-refractivity contribution in [1.29, 1.82) is 0 Å². The molecular formula is C23H31NO7S. The number of hydrogen-bond donors (Lipinski definition) is 0. The van der Waals surface area contributed by atoms with Gasteiger partial charge in [-0.05, 0) is 47.6 Å². The number of Topliss-reactive ketones (excluding diaryl/α,β-unsaturated/α-hetero) is 1. The van der Waals surface area contributed by atoms with Crippen LogP contribution >= 0.6 is 11.3 Å². The van der Waals surface area contributed by atoms with Crippen molar-refractivity contribution < 1.29 is 33.3 Å². The summed E-state index contributed by atoms with van der Waals surface area (Å²) >= 11 is 1.15. The zero-order valence-corrected chi connectivity index (χ0v) is 20.8. The van der Waals surface area contributed by atoms with Gasteiger partial charge in [0.15, 0.2) is 11.5 Å². The molecule has 0 aromatic carbocycles. The van der Waals surface area contributed by atoms with Crippen LogP contribution in [-0.4, -0.2) is 48.1 Å². The molecule has 2 aromatic rings. The second kappa shape index (κ2) is 9.44. The van der Waals surface area contributed by atoms with Gasteiger partial charge in [0, 0.05) is 6.07 Å². The van der Waals surface area contributed by atoms with Crippen molar-refractivity contribution in [3.8, 4) is 11.6 Å². The Balaban J connectivity index is 2.49. The summed E-state index contributed by atoms with van der Waals surface area (Å²) in [6.07, 6.45) is 0. The highest BCUT2D eigenvalue weighted by atomic mass is 32.1. The van der Waals surface area contributed by atoms with Crippen LogP contribution in [0.3, 0.4) is 0 Å². The van der Waals surface area contributed by atoms with E-state index in [9.17, 15) is 14.4 Å². The largest absolute Gasteiger partial charge is 0.491 e. The number of hydrogen-bond acceptors (Lipinski definition) is 9. The number of carbonyl (C=O) groups is 3. The molecule has 9 heteroatoms. The number of methoxy groups -OCH3 is 2. The predicted molar refractivity (Wildman–Crippen MR) is 121 cm³/mol. The molecule has 8 nitrogen and oxygen atoms in total. The van der Waals surface area contributed by atoms with E-state index in [1.807, 2.05) is 0 Å². The van der Waals surface area contributed by atoms with Crippen molar-refractivity contribution >= 4 is 39.3 Å². The zero-order valence-electron chi connectivity index (χ0n) is 20.0. The highest BCUT2D eigenvalue weighted by Gasteiger charge is 2.42. The minimum absolute atomic E-state index is 0.272. The molecule has 0 N–H and O–H groups in total. The van der Waals surface area contributed by atoms with Crippen molar-refractivity contribution in [2.75, 3.05) is 14.2 Å². The highest BCUT2D eigenvalue weighted by Crippen LogP contribution is 2.35. The number of ketones is 1. The van der Waals surface area contributed by atoms with E-state index in [-0.39, 0.29) is 10.8 Å². The molecule has 0 aliphatic carbocycles. The Labute approximate surface area is 192 Å². The van der Waals surface area contributed by atoms with Crippen LogP contribution in [0, 0.1) is 11.8 Å². The molecule has 0 aliphatic heterocycles. The third kappa shape index (κ3) is 6.18. The smallest absolute Gasteiger partial charge is 0.318 e. The minimum Gasteiger partial charge on any atom is -0.491 e. The van der Waals surface area contributed by atoms with Gasteiger partial charge in [-0.15, -0.1) is 11.3 Å². The number of fused-ring (bicyclic) bond motifs is 1. The number of pyridine rings is 1. The van der Waals surface area contributed by atoms with Gasteiger partial charge in [0.2, 0.25) is 0 Å². The Hall–Kier alpha value is -2.68. The van der Waals surface area contributed by atoms with E-state index in [4.69, 9.17) is 18.9 Å². The quantitative estimate of drug-likeness (QED) is 0.336. The molecule has 0 bridgehead atoms. The fourth-order valence-electron chi connectivity index (χ4n) is 2.93. The molecule has 2 atom stereocenters. The second-order valence-electron chi connectivity index (χ2n) is 9.39. The van der Waals surface area contributed by atoms with Gasteiger partial charge in [0.05, 0.1) is 35.2 Å². The first-order chi connectivity index (χ1) is 14.7. The monoisotopic (exact) mass is 465 g/mol. The van der Waals surface area contributed by atoms with Gasteiger partial charge in [-0.1, -0.05) is 6.92 Å². The van der Waals surface area contributed by atoms with Crippen molar-refractivity contribution in [2.24, 2.45) is 11.8 Å². The van der Waals surface area contributed by atoms with Crippen molar-refractivity contribution in [3.63, 3.8) is 0 Å². The summed E-state index contributed by atoms with van der Waals surface area (Å²) in [5, 5.41) is 0. The summed E-state index contributed by atoms with van der Waals surface area (Å²) in [6, 6.07) is 3.28. The van der Waals surface area contributed by atoms with Gasteiger partial charge in [-0.3, -0.25) is 14.4 Å². The number of aromatic nitrogens is 1. The van der Waals surface area contributed by atoms with Gasteiger partial charge in [-0.2, -0.15) is 0 Å². The van der Waals surface area contributed by atoms with Crippen LogP contribution in [0.2, 0.25) is 0 Å². The molecule has 2 rings (SSSR count). The van der Waals surface area contributed by atoms with Crippen molar-refractivity contribution in [2.45, 2.75) is 59.7 Å². The molecule has 2 unspecified atom stereocenters. The lowest BCUT2D eigenvalue weighted by Gasteiger charge is -2.28. The van der Waals surface area contributed by atoms with Crippen LogP contribution in [0.1, 0.15) is 58.1 Å². The average molecular weight is 466 g/mol. The SMILES string of the molecule is COc1cc2sc(C(=O)C(C(=O)OC(C)(C)C)C(C)C(=O)OC(C)(C)C)cc2nc1OC. The summed E-state index contributed by atoms with van der Waals surface area (Å²) < 4.78 is 22.1. The molecule has 0 saturated carbocycles. The summed E-state index contributed by atoms with van der Waals surface area (Å²) in [5.41, 5.74) is -1.07. The lowest BCUT2D eigenvalue weighted by molar-refractivity contribution is -0.170. The van der Waals surface area contributed by atoms with Crippen molar-refractivity contribution in [1.82, 2.24) is 4.98 Å². The molecule has 32 heavy (non-hydrogen) atoms. The third-order valence-corrected chi connectivity index (χ3v) is 5.40. The molecule has 0 spiro atoms. The topological polar surface area (TPSA) is 101 Å². The predicted octanol–water partition coefficient (Wildman–Crippen LogP) is 4.43. The summed E-state index contributed by atoms with van der Waals surface area (Å²) in [6.45, 7) is 11.8. The zero-order chi connectivity index (χ0) is 24.4. The molecule has 176 valence electrons. The van der Waals surface area contributed by atoms with Crippen LogP contribution in [0.15, 0.2) is 12.1 Å². The Morgan fingerprint density at radius 2 is 1.47 bits per heavy atom. The first kappa shape index (κ1) is 25.6. The summed E-state index contributed by atoms with van der Waals surface area (Å²) in [5.74, 6) is -3.65. The van der Waals surface area contributed by atoms with E-state index >= 15 is 0 Å². The Kier molecular flexibility index (Phi) is 7.55. The van der Waals surface area contributed by atoms with Gasteiger partial charge in [0.1, 0.15) is 17.1 Å². The van der Waals surface area contributed by atoms with E-state index < -0.39 is 40.8 Å². The normalized spacial score (nSPS) is 13.9. The number of esters is 2. The molecule has 0 radical (unpaired) electrons. The molecule has 0 aliphatic rings. The number of rotatable bonds is 7. The van der Waals surface area contributed by atoms with E-state index in [1.165, 1.54) is 21.1 Å². The van der Waals surface area contributed by atoms with Crippen LogP contribution in [0.25, 0.3) is 10.2 Å². The summed E-state index contributed by atoms with van der Waals surface area (Å²) in [4.78, 5) is 43.8. The fourth-order valence-corrected chi connectivity index (χ4v) is 3.94.